The number of piperidine rings is 1. The Morgan fingerprint density at radius 2 is 2.21 bits per heavy atom. The Morgan fingerprint density at radius 1 is 1.38 bits per heavy atom. The zero-order valence-electron chi connectivity index (χ0n) is 14.6. The van der Waals surface area contributed by atoms with E-state index in [1.807, 2.05) is 12.1 Å². The van der Waals surface area contributed by atoms with Gasteiger partial charge in [-0.1, -0.05) is 30.2 Å². The van der Waals surface area contributed by atoms with Crippen LogP contribution in [0.2, 0.25) is 5.02 Å². The minimum atomic E-state index is -0.0793. The van der Waals surface area contributed by atoms with Crippen LogP contribution in [0.1, 0.15) is 56.7 Å². The molecule has 1 aliphatic heterocycles. The second-order valence-corrected chi connectivity index (χ2v) is 7.59. The largest absolute Gasteiger partial charge is 0.337 e. The first-order chi connectivity index (χ1) is 11.6. The minimum absolute atomic E-state index is 0.0721. The molecule has 0 bridgehead atoms. The summed E-state index contributed by atoms with van der Waals surface area (Å²) in [7, 11) is 0. The summed E-state index contributed by atoms with van der Waals surface area (Å²) >= 11 is 6.24. The molecule has 1 aliphatic carbocycles. The van der Waals surface area contributed by atoms with Gasteiger partial charge in [-0.15, -0.1) is 0 Å². The number of carbonyl (C=O) groups is 1. The summed E-state index contributed by atoms with van der Waals surface area (Å²) in [6.07, 6.45) is 5.70. The highest BCUT2D eigenvalue weighted by Gasteiger charge is 2.26. The molecule has 3 rings (SSSR count). The molecule has 2 amide bonds. The number of likely N-dealkylation sites (tertiary alicyclic amines) is 1. The van der Waals surface area contributed by atoms with E-state index in [0.717, 1.165) is 30.0 Å². The quantitative estimate of drug-likeness (QED) is 0.866. The van der Waals surface area contributed by atoms with Gasteiger partial charge in [-0.25, -0.2) is 4.79 Å². The van der Waals surface area contributed by atoms with Crippen LogP contribution in [0.25, 0.3) is 0 Å². The molecule has 0 saturated carbocycles. The molecule has 132 valence electrons. The van der Waals surface area contributed by atoms with E-state index >= 15 is 0 Å². The van der Waals surface area contributed by atoms with Crippen LogP contribution in [0.3, 0.4) is 0 Å². The third-order valence-corrected chi connectivity index (χ3v) is 5.85. The number of hydrogen-bond acceptors (Lipinski definition) is 2. The average molecular weight is 350 g/mol. The topological polar surface area (TPSA) is 44.4 Å². The Morgan fingerprint density at radius 3 is 3.00 bits per heavy atom. The number of fused-ring (bicyclic) bond motifs is 1. The molecular weight excluding hydrogens is 322 g/mol. The second kappa shape index (κ2) is 7.75. The lowest BCUT2D eigenvalue weighted by Gasteiger charge is -2.38. The van der Waals surface area contributed by atoms with Gasteiger partial charge in [-0.3, -0.25) is 4.90 Å². The van der Waals surface area contributed by atoms with Crippen molar-refractivity contribution in [1.82, 2.24) is 15.5 Å². The summed E-state index contributed by atoms with van der Waals surface area (Å²) in [6, 6.07) is 6.92. The molecule has 24 heavy (non-hydrogen) atoms. The number of nitrogens with one attached hydrogen (secondary N) is 2. The standard InChI is InChI=1S/C19H28ClN3O/c1-13-6-3-4-11-23(13)14(2)12-21-19(24)22-18-10-9-15-16(18)7-5-8-17(15)20/h5,7-8,13-14,18H,3-4,6,9-12H2,1-2H3,(H2,21,22,24). The van der Waals surface area contributed by atoms with E-state index < -0.39 is 0 Å². The van der Waals surface area contributed by atoms with Crippen molar-refractivity contribution in [2.24, 2.45) is 0 Å². The molecule has 0 radical (unpaired) electrons. The van der Waals surface area contributed by atoms with Crippen LogP contribution in [-0.2, 0) is 6.42 Å². The fourth-order valence-corrected chi connectivity index (χ4v) is 4.38. The molecule has 3 unspecified atom stereocenters. The van der Waals surface area contributed by atoms with E-state index in [1.165, 1.54) is 24.8 Å². The molecular formula is C19H28ClN3O. The highest BCUT2D eigenvalue weighted by Crippen LogP contribution is 2.35. The molecule has 4 nitrogen and oxygen atoms in total. The van der Waals surface area contributed by atoms with Crippen molar-refractivity contribution >= 4 is 17.6 Å². The SMILES string of the molecule is CC1CCCCN1C(C)CNC(=O)NC1CCc2c(Cl)cccc21. The Balaban J connectivity index is 1.49. The summed E-state index contributed by atoms with van der Waals surface area (Å²) < 4.78 is 0. The fourth-order valence-electron chi connectivity index (χ4n) is 4.10. The first kappa shape index (κ1) is 17.6. The number of rotatable bonds is 4. The number of amides is 2. The predicted octanol–water partition coefficient (Wildman–Crippen LogP) is 3.89. The van der Waals surface area contributed by atoms with Crippen LogP contribution in [0.5, 0.6) is 0 Å². The van der Waals surface area contributed by atoms with Gasteiger partial charge in [0.05, 0.1) is 6.04 Å². The molecule has 1 saturated heterocycles. The number of urea groups is 1. The van der Waals surface area contributed by atoms with E-state index in [1.54, 1.807) is 0 Å². The molecule has 1 fully saturated rings. The van der Waals surface area contributed by atoms with Crippen molar-refractivity contribution in [2.45, 2.75) is 64.1 Å². The van der Waals surface area contributed by atoms with E-state index in [0.29, 0.717) is 18.6 Å². The van der Waals surface area contributed by atoms with Gasteiger partial charge in [0.1, 0.15) is 0 Å². The average Bonchev–Trinajstić information content (AvgIpc) is 2.97. The van der Waals surface area contributed by atoms with Crippen LogP contribution < -0.4 is 10.6 Å². The highest BCUT2D eigenvalue weighted by atomic mass is 35.5. The van der Waals surface area contributed by atoms with E-state index in [4.69, 9.17) is 11.6 Å². The predicted molar refractivity (Wildman–Crippen MR) is 98.5 cm³/mol. The maximum Gasteiger partial charge on any atom is 0.315 e. The number of carbonyl (C=O) groups excluding carboxylic acids is 1. The van der Waals surface area contributed by atoms with Crippen LogP contribution in [0.4, 0.5) is 4.79 Å². The minimum Gasteiger partial charge on any atom is -0.337 e. The van der Waals surface area contributed by atoms with Gasteiger partial charge in [0.25, 0.3) is 0 Å². The molecule has 5 heteroatoms. The molecule has 2 N–H and O–H groups in total. The summed E-state index contributed by atoms with van der Waals surface area (Å²) in [4.78, 5) is 14.8. The van der Waals surface area contributed by atoms with Crippen molar-refractivity contribution in [1.29, 1.82) is 0 Å². The van der Waals surface area contributed by atoms with Crippen LogP contribution in [0.15, 0.2) is 18.2 Å². The fraction of sp³-hybridized carbons (Fsp3) is 0.632. The Kier molecular flexibility index (Phi) is 5.67. The summed E-state index contributed by atoms with van der Waals surface area (Å²) in [5.74, 6) is 0. The first-order valence-electron chi connectivity index (χ1n) is 9.13. The van der Waals surface area contributed by atoms with Gasteiger partial charge < -0.3 is 10.6 Å². The van der Waals surface area contributed by atoms with Crippen molar-refractivity contribution in [2.75, 3.05) is 13.1 Å². The zero-order chi connectivity index (χ0) is 17.1. The molecule has 2 aliphatic rings. The maximum absolute atomic E-state index is 12.3. The monoisotopic (exact) mass is 349 g/mol. The lowest BCUT2D eigenvalue weighted by atomic mass is 10.0. The molecule has 0 aromatic heterocycles. The van der Waals surface area contributed by atoms with Crippen molar-refractivity contribution in [3.8, 4) is 0 Å². The number of nitrogens with zero attached hydrogens (tertiary/aromatic N) is 1. The molecule has 0 spiro atoms. The second-order valence-electron chi connectivity index (χ2n) is 7.18. The van der Waals surface area contributed by atoms with E-state index in [2.05, 4.69) is 35.4 Å². The lowest BCUT2D eigenvalue weighted by molar-refractivity contribution is 0.114. The van der Waals surface area contributed by atoms with Gasteiger partial charge in [0.15, 0.2) is 0 Å². The lowest BCUT2D eigenvalue weighted by Crippen LogP contribution is -2.50. The summed E-state index contributed by atoms with van der Waals surface area (Å²) in [5, 5.41) is 6.96. The van der Waals surface area contributed by atoms with Crippen LogP contribution in [0, 0.1) is 0 Å². The number of benzene rings is 1. The molecule has 1 aromatic carbocycles. The Bertz CT molecular complexity index is 592. The Hall–Kier alpha value is -1.26. The molecule has 1 heterocycles. The number of hydrogen-bond donors (Lipinski definition) is 2. The van der Waals surface area contributed by atoms with Crippen LogP contribution in [-0.4, -0.2) is 36.1 Å². The van der Waals surface area contributed by atoms with Gasteiger partial charge >= 0.3 is 6.03 Å². The van der Waals surface area contributed by atoms with Crippen molar-refractivity contribution in [3.63, 3.8) is 0 Å². The first-order valence-corrected chi connectivity index (χ1v) is 9.51. The molecule has 1 aromatic rings. The highest BCUT2D eigenvalue weighted by molar-refractivity contribution is 6.31. The third kappa shape index (κ3) is 3.86. The molecule has 3 atom stereocenters. The van der Waals surface area contributed by atoms with Crippen molar-refractivity contribution in [3.05, 3.63) is 34.3 Å². The summed E-state index contributed by atoms with van der Waals surface area (Å²) in [6.45, 7) is 6.31. The van der Waals surface area contributed by atoms with Gasteiger partial charge in [0.2, 0.25) is 0 Å². The van der Waals surface area contributed by atoms with Crippen LogP contribution >= 0.6 is 11.6 Å². The Labute approximate surface area is 149 Å². The third-order valence-electron chi connectivity index (χ3n) is 5.50. The maximum atomic E-state index is 12.3. The van der Waals surface area contributed by atoms with Gasteiger partial charge in [-0.05, 0) is 63.3 Å². The number of halogens is 1. The normalized spacial score (nSPS) is 25.1. The van der Waals surface area contributed by atoms with E-state index in [9.17, 15) is 4.79 Å². The smallest absolute Gasteiger partial charge is 0.315 e. The van der Waals surface area contributed by atoms with Gasteiger partial charge in [-0.2, -0.15) is 0 Å². The van der Waals surface area contributed by atoms with E-state index in [-0.39, 0.29) is 12.1 Å². The van der Waals surface area contributed by atoms with Crippen molar-refractivity contribution < 1.29 is 4.79 Å². The zero-order valence-corrected chi connectivity index (χ0v) is 15.4. The van der Waals surface area contributed by atoms with Gasteiger partial charge in [0, 0.05) is 23.7 Å². The summed E-state index contributed by atoms with van der Waals surface area (Å²) in [5.41, 5.74) is 2.34.